The van der Waals surface area contributed by atoms with Crippen molar-refractivity contribution >= 4 is 16.1 Å². The highest BCUT2D eigenvalue weighted by Gasteiger charge is 2.24. The van der Waals surface area contributed by atoms with E-state index in [0.717, 1.165) is 12.0 Å². The van der Waals surface area contributed by atoms with E-state index >= 15 is 0 Å². The summed E-state index contributed by atoms with van der Waals surface area (Å²) in [6.07, 6.45) is 0.195. The van der Waals surface area contributed by atoms with Crippen molar-refractivity contribution < 1.29 is 18.3 Å². The molecule has 0 fully saturated rings. The fraction of sp³-hybridized carbons (Fsp3) is 0.562. The Balaban J connectivity index is 2.86. The molecule has 0 unspecified atom stereocenters. The molecule has 0 aliphatic rings. The molecule has 1 aromatic rings. The molecule has 1 amide bonds. The molecule has 0 heterocycles. The van der Waals surface area contributed by atoms with E-state index in [1.807, 2.05) is 32.9 Å². The van der Waals surface area contributed by atoms with Crippen LogP contribution >= 0.6 is 0 Å². The second-order valence-corrected chi connectivity index (χ2v) is 7.78. The molecule has 0 saturated heterocycles. The van der Waals surface area contributed by atoms with E-state index in [4.69, 9.17) is 5.11 Å². The normalized spacial score (nSPS) is 11.9. The minimum atomic E-state index is -3.56. The first-order valence-corrected chi connectivity index (χ1v) is 9.27. The van der Waals surface area contributed by atoms with Crippen molar-refractivity contribution in [2.45, 2.75) is 38.5 Å². The van der Waals surface area contributed by atoms with Crippen LogP contribution in [0.3, 0.4) is 0 Å². The quantitative estimate of drug-likeness (QED) is 0.675. The molecule has 0 radical (unpaired) electrons. The van der Waals surface area contributed by atoms with Crippen LogP contribution in [0.5, 0.6) is 0 Å². The molecule has 0 spiro atoms. The number of nitrogens with one attached hydrogen (secondary N) is 1. The highest BCUT2D eigenvalue weighted by atomic mass is 32.2. The van der Waals surface area contributed by atoms with Crippen LogP contribution in [0.25, 0.3) is 0 Å². The summed E-state index contributed by atoms with van der Waals surface area (Å²) in [4.78, 5) is 10.7. The average Bonchev–Trinajstić information content (AvgIpc) is 2.49. The Morgan fingerprint density at radius 3 is 2.35 bits per heavy atom. The molecular formula is C16H26N2O4S. The molecule has 1 rings (SSSR count). The second-order valence-electron chi connectivity index (χ2n) is 5.84. The van der Waals surface area contributed by atoms with Crippen LogP contribution in [0.15, 0.2) is 29.2 Å². The molecule has 23 heavy (non-hydrogen) atoms. The molecular weight excluding hydrogens is 316 g/mol. The third-order valence-corrected chi connectivity index (χ3v) is 5.28. The van der Waals surface area contributed by atoms with E-state index in [-0.39, 0.29) is 23.9 Å². The average molecular weight is 342 g/mol. The number of hydrogen-bond acceptors (Lipinski definition) is 3. The SMILES string of the molecule is CCc1ccc(S(=O)(=O)N(CCCNC(=O)O)CC(C)C)cc1. The van der Waals surface area contributed by atoms with E-state index in [1.165, 1.54) is 4.31 Å². The Labute approximate surface area is 138 Å². The van der Waals surface area contributed by atoms with Crippen LogP contribution in [-0.2, 0) is 16.4 Å². The van der Waals surface area contributed by atoms with Crippen molar-refractivity contribution in [1.29, 1.82) is 0 Å². The predicted octanol–water partition coefficient (Wildman–Crippen LogP) is 2.55. The van der Waals surface area contributed by atoms with Crippen LogP contribution < -0.4 is 5.32 Å². The van der Waals surface area contributed by atoms with E-state index < -0.39 is 16.1 Å². The van der Waals surface area contributed by atoms with Gasteiger partial charge in [0.15, 0.2) is 0 Å². The topological polar surface area (TPSA) is 86.7 Å². The lowest BCUT2D eigenvalue weighted by molar-refractivity contribution is 0.194. The monoisotopic (exact) mass is 342 g/mol. The fourth-order valence-corrected chi connectivity index (χ4v) is 3.86. The molecule has 0 aliphatic heterocycles. The molecule has 0 aromatic heterocycles. The van der Waals surface area contributed by atoms with Crippen molar-refractivity contribution in [3.05, 3.63) is 29.8 Å². The van der Waals surface area contributed by atoms with Crippen LogP contribution in [-0.4, -0.2) is 43.6 Å². The van der Waals surface area contributed by atoms with Crippen LogP contribution in [0.2, 0.25) is 0 Å². The first-order chi connectivity index (χ1) is 10.8. The van der Waals surface area contributed by atoms with E-state index in [1.54, 1.807) is 12.1 Å². The van der Waals surface area contributed by atoms with Gasteiger partial charge in [-0.15, -0.1) is 0 Å². The fourth-order valence-electron chi connectivity index (χ4n) is 2.21. The smallest absolute Gasteiger partial charge is 0.404 e. The molecule has 0 atom stereocenters. The molecule has 0 bridgehead atoms. The summed E-state index contributed by atoms with van der Waals surface area (Å²) in [5, 5.41) is 10.8. The van der Waals surface area contributed by atoms with Gasteiger partial charge in [-0.25, -0.2) is 13.2 Å². The number of aryl methyl sites for hydroxylation is 1. The lowest BCUT2D eigenvalue weighted by Gasteiger charge is -2.24. The van der Waals surface area contributed by atoms with Gasteiger partial charge >= 0.3 is 6.09 Å². The van der Waals surface area contributed by atoms with Gasteiger partial charge in [0.2, 0.25) is 10.0 Å². The Hall–Kier alpha value is -1.60. The number of carbonyl (C=O) groups is 1. The van der Waals surface area contributed by atoms with Crippen molar-refractivity contribution in [3.8, 4) is 0 Å². The van der Waals surface area contributed by atoms with Crippen LogP contribution in [0, 0.1) is 5.92 Å². The van der Waals surface area contributed by atoms with Crippen molar-refractivity contribution in [1.82, 2.24) is 9.62 Å². The molecule has 130 valence electrons. The summed E-state index contributed by atoms with van der Waals surface area (Å²) in [6, 6.07) is 6.92. The van der Waals surface area contributed by atoms with Gasteiger partial charge in [0, 0.05) is 19.6 Å². The summed E-state index contributed by atoms with van der Waals surface area (Å²) in [7, 11) is -3.56. The van der Waals surface area contributed by atoms with Crippen molar-refractivity contribution in [3.63, 3.8) is 0 Å². The first kappa shape index (κ1) is 19.4. The lowest BCUT2D eigenvalue weighted by Crippen LogP contribution is -2.36. The third kappa shape index (κ3) is 6.19. The van der Waals surface area contributed by atoms with Crippen molar-refractivity contribution in [2.75, 3.05) is 19.6 Å². The summed E-state index contributed by atoms with van der Waals surface area (Å²) in [5.74, 6) is 0.187. The Morgan fingerprint density at radius 2 is 1.87 bits per heavy atom. The minimum absolute atomic E-state index is 0.187. The molecule has 2 N–H and O–H groups in total. The largest absolute Gasteiger partial charge is 0.465 e. The van der Waals surface area contributed by atoms with Gasteiger partial charge in [0.05, 0.1) is 4.90 Å². The maximum absolute atomic E-state index is 12.8. The Morgan fingerprint density at radius 1 is 1.26 bits per heavy atom. The number of amides is 1. The zero-order valence-corrected chi connectivity index (χ0v) is 14.8. The number of carboxylic acid groups (broad SMARTS) is 1. The number of benzene rings is 1. The Kier molecular flexibility index (Phi) is 7.51. The van der Waals surface area contributed by atoms with Crippen molar-refractivity contribution in [2.24, 2.45) is 5.92 Å². The minimum Gasteiger partial charge on any atom is -0.465 e. The van der Waals surface area contributed by atoms with Crippen LogP contribution in [0.4, 0.5) is 4.79 Å². The van der Waals surface area contributed by atoms with E-state index in [9.17, 15) is 13.2 Å². The summed E-state index contributed by atoms with van der Waals surface area (Å²) < 4.78 is 27.0. The van der Waals surface area contributed by atoms with Gasteiger partial charge in [-0.3, -0.25) is 0 Å². The van der Waals surface area contributed by atoms with Gasteiger partial charge in [-0.2, -0.15) is 4.31 Å². The molecule has 0 saturated carbocycles. The second kappa shape index (κ2) is 8.88. The number of sulfonamides is 1. The van der Waals surface area contributed by atoms with Crippen LogP contribution in [0.1, 0.15) is 32.8 Å². The maximum Gasteiger partial charge on any atom is 0.404 e. The highest BCUT2D eigenvalue weighted by Crippen LogP contribution is 2.18. The van der Waals surface area contributed by atoms with E-state index in [0.29, 0.717) is 13.0 Å². The lowest BCUT2D eigenvalue weighted by atomic mass is 10.2. The molecule has 0 aliphatic carbocycles. The molecule has 7 heteroatoms. The maximum atomic E-state index is 12.8. The summed E-state index contributed by atoms with van der Waals surface area (Å²) >= 11 is 0. The zero-order valence-electron chi connectivity index (χ0n) is 13.9. The predicted molar refractivity (Wildman–Crippen MR) is 90.1 cm³/mol. The third-order valence-electron chi connectivity index (χ3n) is 3.40. The standard InChI is InChI=1S/C16H26N2O4S/c1-4-14-6-8-15(9-7-14)23(21,22)18(12-13(2)3)11-5-10-17-16(19)20/h6-9,13,17H,4-5,10-12H2,1-3H3,(H,19,20). The summed E-state index contributed by atoms with van der Waals surface area (Å²) in [6.45, 7) is 6.86. The van der Waals surface area contributed by atoms with Gasteiger partial charge < -0.3 is 10.4 Å². The molecule has 1 aromatic carbocycles. The number of rotatable bonds is 9. The first-order valence-electron chi connectivity index (χ1n) is 7.83. The zero-order chi connectivity index (χ0) is 17.5. The summed E-state index contributed by atoms with van der Waals surface area (Å²) in [5.41, 5.74) is 1.09. The van der Waals surface area contributed by atoms with Gasteiger partial charge in [0.25, 0.3) is 0 Å². The Bertz CT molecular complexity index is 597. The number of hydrogen-bond donors (Lipinski definition) is 2. The highest BCUT2D eigenvalue weighted by molar-refractivity contribution is 7.89. The van der Waals surface area contributed by atoms with Gasteiger partial charge in [-0.05, 0) is 36.5 Å². The molecule has 6 nitrogen and oxygen atoms in total. The van der Waals surface area contributed by atoms with E-state index in [2.05, 4.69) is 5.32 Å². The number of nitrogens with zero attached hydrogens (tertiary/aromatic N) is 1. The van der Waals surface area contributed by atoms with Gasteiger partial charge in [0.1, 0.15) is 0 Å². The van der Waals surface area contributed by atoms with Gasteiger partial charge in [-0.1, -0.05) is 32.9 Å².